The maximum absolute atomic E-state index is 13.1. The Morgan fingerprint density at radius 2 is 2.15 bits per heavy atom. The number of benzene rings is 1. The summed E-state index contributed by atoms with van der Waals surface area (Å²) in [5, 5.41) is 6.54. The molecule has 2 aromatic rings. The zero-order valence-electron chi connectivity index (χ0n) is 19.8. The molecule has 2 N–H and O–H groups in total. The highest BCUT2D eigenvalue weighted by atomic mass is 35.5. The van der Waals surface area contributed by atoms with E-state index in [1.54, 1.807) is 37.7 Å². The number of rotatable bonds is 9. The third kappa shape index (κ3) is 5.78. The van der Waals surface area contributed by atoms with E-state index in [-0.39, 0.29) is 23.0 Å². The number of hydrogen-bond acceptors (Lipinski definition) is 7. The van der Waals surface area contributed by atoms with Crippen LogP contribution in [0.3, 0.4) is 0 Å². The summed E-state index contributed by atoms with van der Waals surface area (Å²) in [4.78, 5) is 19.5. The summed E-state index contributed by atoms with van der Waals surface area (Å²) < 4.78 is 16.6. The fourth-order valence-corrected chi connectivity index (χ4v) is 4.16. The van der Waals surface area contributed by atoms with Gasteiger partial charge in [-0.15, -0.1) is 0 Å². The van der Waals surface area contributed by atoms with Crippen molar-refractivity contribution < 1.29 is 19.0 Å². The summed E-state index contributed by atoms with van der Waals surface area (Å²) >= 11 is 11.9. The Labute approximate surface area is 210 Å². The average molecular weight is 505 g/mol. The van der Waals surface area contributed by atoms with E-state index in [2.05, 4.69) is 15.6 Å². The summed E-state index contributed by atoms with van der Waals surface area (Å²) in [6, 6.07) is 7.05. The van der Waals surface area contributed by atoms with Crippen molar-refractivity contribution in [2.75, 3.05) is 38.1 Å². The third-order valence-corrected chi connectivity index (χ3v) is 6.05. The molecule has 2 heterocycles. The molecule has 34 heavy (non-hydrogen) atoms. The molecule has 0 aliphatic carbocycles. The molecule has 182 valence electrons. The van der Waals surface area contributed by atoms with E-state index in [1.165, 1.54) is 7.11 Å². The SMILES string of the molecule is COc1c(Cl)cccc1NC(=S)C1=C(N(C)c2ccncc2OCC(C)OC)C[C@@H](C)NC1=O. The number of pyridine rings is 1. The number of para-hydroxylation sites is 1. The molecule has 10 heteroatoms. The van der Waals surface area contributed by atoms with E-state index in [0.717, 1.165) is 11.4 Å². The van der Waals surface area contributed by atoms with Gasteiger partial charge in [-0.2, -0.15) is 0 Å². The van der Waals surface area contributed by atoms with Gasteiger partial charge in [-0.05, 0) is 32.0 Å². The highest BCUT2D eigenvalue weighted by Gasteiger charge is 2.31. The highest BCUT2D eigenvalue weighted by Crippen LogP contribution is 2.35. The Bertz CT molecular complexity index is 1090. The van der Waals surface area contributed by atoms with Gasteiger partial charge in [0.1, 0.15) is 11.6 Å². The first-order chi connectivity index (χ1) is 16.3. The number of halogens is 1. The van der Waals surface area contributed by atoms with Crippen molar-refractivity contribution in [3.63, 3.8) is 0 Å². The predicted octanol–water partition coefficient (Wildman–Crippen LogP) is 4.20. The fraction of sp³-hybridized carbons (Fsp3) is 0.375. The molecule has 0 saturated heterocycles. The van der Waals surface area contributed by atoms with Gasteiger partial charge in [-0.3, -0.25) is 9.78 Å². The molecule has 1 aromatic carbocycles. The Morgan fingerprint density at radius 1 is 1.38 bits per heavy atom. The van der Waals surface area contributed by atoms with Gasteiger partial charge in [-0.1, -0.05) is 29.9 Å². The molecule has 0 radical (unpaired) electrons. The lowest BCUT2D eigenvalue weighted by atomic mass is 9.99. The standard InChI is InChI=1S/C24H29ClN4O4S/c1-14-11-19(29(3)18-9-10-26-12-20(18)33-13-15(2)31-4)21(23(30)27-14)24(34)28-17-8-6-7-16(25)22(17)32-5/h6-10,12,14-15H,11,13H2,1-5H3,(H,27,30)(H,28,34)/t14-,15?/m1/s1. The second-order valence-electron chi connectivity index (χ2n) is 7.93. The van der Waals surface area contributed by atoms with Crippen LogP contribution in [0.15, 0.2) is 47.9 Å². The Kier molecular flexibility index (Phi) is 8.71. The maximum atomic E-state index is 13.1. The minimum Gasteiger partial charge on any atom is -0.493 e. The number of anilines is 2. The van der Waals surface area contributed by atoms with E-state index < -0.39 is 0 Å². The molecule has 1 amide bonds. The number of nitrogens with one attached hydrogen (secondary N) is 2. The number of carbonyl (C=O) groups is 1. The Hall–Kier alpha value is -2.88. The first-order valence-electron chi connectivity index (χ1n) is 10.8. The minimum absolute atomic E-state index is 0.0723. The van der Waals surface area contributed by atoms with Crippen LogP contribution in [0, 0.1) is 0 Å². The molecule has 1 unspecified atom stereocenters. The van der Waals surface area contributed by atoms with Crippen LogP contribution in [-0.2, 0) is 9.53 Å². The van der Waals surface area contributed by atoms with E-state index in [4.69, 9.17) is 38.0 Å². The number of thiocarbonyl (C=S) groups is 1. The van der Waals surface area contributed by atoms with Crippen LogP contribution in [0.1, 0.15) is 20.3 Å². The third-order valence-electron chi connectivity index (χ3n) is 5.44. The molecule has 1 aliphatic heterocycles. The molecular weight excluding hydrogens is 476 g/mol. The minimum atomic E-state index is -0.261. The first kappa shape index (κ1) is 25.7. The smallest absolute Gasteiger partial charge is 0.256 e. The van der Waals surface area contributed by atoms with Gasteiger partial charge >= 0.3 is 0 Å². The molecule has 0 bridgehead atoms. The van der Waals surface area contributed by atoms with Crippen molar-refractivity contribution >= 4 is 46.1 Å². The summed E-state index contributed by atoms with van der Waals surface area (Å²) in [6.45, 7) is 4.23. The number of nitrogens with zero attached hydrogens (tertiary/aromatic N) is 2. The first-order valence-corrected chi connectivity index (χ1v) is 11.6. The van der Waals surface area contributed by atoms with Gasteiger partial charge in [0.15, 0.2) is 11.5 Å². The second-order valence-corrected chi connectivity index (χ2v) is 8.75. The van der Waals surface area contributed by atoms with Crippen LogP contribution < -0.4 is 25.0 Å². The monoisotopic (exact) mass is 504 g/mol. The molecule has 0 spiro atoms. The predicted molar refractivity (Wildman–Crippen MR) is 138 cm³/mol. The van der Waals surface area contributed by atoms with Gasteiger partial charge < -0.3 is 29.7 Å². The normalized spacial score (nSPS) is 16.5. The topological polar surface area (TPSA) is 85.0 Å². The summed E-state index contributed by atoms with van der Waals surface area (Å²) in [7, 11) is 5.04. The zero-order chi connectivity index (χ0) is 24.8. The second kappa shape index (κ2) is 11.5. The van der Waals surface area contributed by atoms with Gasteiger partial charge in [0.25, 0.3) is 5.91 Å². The maximum Gasteiger partial charge on any atom is 0.256 e. The van der Waals surface area contributed by atoms with Crippen molar-refractivity contribution in [2.24, 2.45) is 0 Å². The number of carbonyl (C=O) groups excluding carboxylic acids is 1. The summed E-state index contributed by atoms with van der Waals surface area (Å²) in [5.41, 5.74) is 2.45. The van der Waals surface area contributed by atoms with E-state index >= 15 is 0 Å². The van der Waals surface area contributed by atoms with E-state index in [0.29, 0.717) is 40.8 Å². The van der Waals surface area contributed by atoms with Crippen LogP contribution in [0.25, 0.3) is 0 Å². The lowest BCUT2D eigenvalue weighted by molar-refractivity contribution is -0.118. The lowest BCUT2D eigenvalue weighted by Crippen LogP contribution is -2.44. The number of methoxy groups -OCH3 is 2. The largest absolute Gasteiger partial charge is 0.493 e. The van der Waals surface area contributed by atoms with Gasteiger partial charge in [-0.25, -0.2) is 0 Å². The van der Waals surface area contributed by atoms with Crippen molar-refractivity contribution in [1.82, 2.24) is 10.3 Å². The molecule has 1 aromatic heterocycles. The molecule has 1 aliphatic rings. The van der Waals surface area contributed by atoms with Crippen LogP contribution in [0.2, 0.25) is 5.02 Å². The molecule has 8 nitrogen and oxygen atoms in total. The summed E-state index contributed by atoms with van der Waals surface area (Å²) in [6.07, 6.45) is 3.81. The van der Waals surface area contributed by atoms with Crippen molar-refractivity contribution in [1.29, 1.82) is 0 Å². The summed E-state index contributed by atoms with van der Waals surface area (Å²) in [5.74, 6) is 0.766. The fourth-order valence-electron chi connectivity index (χ4n) is 3.59. The average Bonchev–Trinajstić information content (AvgIpc) is 2.81. The molecular formula is C24H29ClN4O4S. The quantitative estimate of drug-likeness (QED) is 0.492. The van der Waals surface area contributed by atoms with Crippen LogP contribution in [0.5, 0.6) is 11.5 Å². The molecule has 3 rings (SSSR count). The van der Waals surface area contributed by atoms with E-state index in [1.807, 2.05) is 31.9 Å². The molecule has 0 fully saturated rings. The molecule has 2 atom stereocenters. The number of hydrogen-bond donors (Lipinski definition) is 2. The Balaban J connectivity index is 1.99. The van der Waals surface area contributed by atoms with Gasteiger partial charge in [0, 0.05) is 38.5 Å². The zero-order valence-corrected chi connectivity index (χ0v) is 21.4. The van der Waals surface area contributed by atoms with Gasteiger partial charge in [0.2, 0.25) is 0 Å². The number of aromatic nitrogens is 1. The number of ether oxygens (including phenoxy) is 3. The van der Waals surface area contributed by atoms with Crippen molar-refractivity contribution in [2.45, 2.75) is 32.4 Å². The molecule has 0 saturated carbocycles. The highest BCUT2D eigenvalue weighted by molar-refractivity contribution is 7.81. The number of amides is 1. The van der Waals surface area contributed by atoms with Crippen molar-refractivity contribution in [3.8, 4) is 11.5 Å². The Morgan fingerprint density at radius 3 is 2.85 bits per heavy atom. The van der Waals surface area contributed by atoms with Gasteiger partial charge in [0.05, 0.1) is 41.4 Å². The lowest BCUT2D eigenvalue weighted by Gasteiger charge is -2.33. The van der Waals surface area contributed by atoms with Crippen LogP contribution in [0.4, 0.5) is 11.4 Å². The van der Waals surface area contributed by atoms with Crippen molar-refractivity contribution in [3.05, 3.63) is 53.0 Å². The van der Waals surface area contributed by atoms with Crippen LogP contribution >= 0.6 is 23.8 Å². The van der Waals surface area contributed by atoms with E-state index in [9.17, 15) is 4.79 Å². The van der Waals surface area contributed by atoms with Crippen LogP contribution in [-0.4, -0.2) is 55.9 Å².